The number of aryl methyl sites for hydroxylation is 1. The van der Waals surface area contributed by atoms with Crippen molar-refractivity contribution in [3.05, 3.63) is 29.3 Å². The molecule has 0 radical (unpaired) electrons. The molecule has 0 spiro atoms. The first-order valence-electron chi connectivity index (χ1n) is 4.37. The van der Waals surface area contributed by atoms with E-state index in [-0.39, 0.29) is 0 Å². The number of alkyl halides is 1. The summed E-state index contributed by atoms with van der Waals surface area (Å²) in [6, 6.07) is 1.72. The number of hydrogen-bond donors (Lipinski definition) is 0. The van der Waals surface area contributed by atoms with E-state index in [2.05, 4.69) is 10.1 Å². The van der Waals surface area contributed by atoms with Gasteiger partial charge >= 0.3 is 5.97 Å². The summed E-state index contributed by atoms with van der Waals surface area (Å²) in [7, 11) is 0. The van der Waals surface area contributed by atoms with E-state index in [4.69, 9.17) is 16.3 Å². The van der Waals surface area contributed by atoms with Gasteiger partial charge in [0.1, 0.15) is 17.5 Å². The zero-order chi connectivity index (χ0) is 10.6. The molecular weight excluding hydrogens is 218 g/mol. The van der Waals surface area contributed by atoms with Gasteiger partial charge in [0, 0.05) is 5.69 Å². The molecule has 2 aromatic rings. The molecule has 1 atom stereocenters. The number of halogens is 1. The van der Waals surface area contributed by atoms with Crippen LogP contribution in [0.2, 0.25) is 0 Å². The van der Waals surface area contributed by atoms with E-state index in [1.807, 2.05) is 6.92 Å². The van der Waals surface area contributed by atoms with Crippen LogP contribution in [0.1, 0.15) is 27.3 Å². The molecule has 0 bridgehead atoms. The average molecular weight is 224 g/mol. The number of carbonyl (C=O) groups is 1. The second-order valence-electron chi connectivity index (χ2n) is 3.33. The van der Waals surface area contributed by atoms with E-state index in [9.17, 15) is 4.79 Å². The van der Waals surface area contributed by atoms with Crippen LogP contribution in [0.5, 0.6) is 0 Å². The van der Waals surface area contributed by atoms with Gasteiger partial charge < -0.3 is 4.74 Å². The molecule has 0 aliphatic carbocycles. The fraction of sp³-hybridized carbons (Fsp3) is 0.222. The Bertz CT molecular complexity index is 578. The Labute approximate surface area is 89.6 Å². The van der Waals surface area contributed by atoms with Crippen LogP contribution >= 0.6 is 11.6 Å². The summed E-state index contributed by atoms with van der Waals surface area (Å²) in [6.07, 6.45) is 1.40. The van der Waals surface area contributed by atoms with E-state index in [1.165, 1.54) is 6.33 Å². The molecule has 3 heterocycles. The summed E-state index contributed by atoms with van der Waals surface area (Å²) in [4.78, 5) is 15.5. The number of rotatable bonds is 0. The van der Waals surface area contributed by atoms with E-state index >= 15 is 0 Å². The van der Waals surface area contributed by atoms with E-state index in [0.29, 0.717) is 16.8 Å². The van der Waals surface area contributed by atoms with Gasteiger partial charge in [0.15, 0.2) is 0 Å². The normalized spacial score (nSPS) is 19.3. The molecule has 76 valence electrons. The second-order valence-corrected chi connectivity index (χ2v) is 3.72. The Morgan fingerprint density at radius 3 is 3.20 bits per heavy atom. The Morgan fingerprint density at radius 1 is 1.60 bits per heavy atom. The average Bonchev–Trinajstić information content (AvgIpc) is 2.55. The van der Waals surface area contributed by atoms with Crippen LogP contribution in [-0.4, -0.2) is 20.6 Å². The van der Waals surface area contributed by atoms with Gasteiger partial charge in [-0.2, -0.15) is 5.10 Å². The molecule has 1 aliphatic rings. The summed E-state index contributed by atoms with van der Waals surface area (Å²) in [5.41, 5.74) is 1.68. The predicted molar refractivity (Wildman–Crippen MR) is 51.7 cm³/mol. The standard InChI is InChI=1S/C9H6ClN3O2/c1-4-2-5-7-6(8(10)15-9(5)14)11-3-12-13(4)7/h2-3,8H,1H3. The SMILES string of the molecule is Cc1cc2c3c(ncnn13)C(Cl)OC2=O. The molecule has 0 saturated carbocycles. The molecule has 3 rings (SSSR count). The minimum atomic E-state index is -0.829. The van der Waals surface area contributed by atoms with E-state index in [1.54, 1.807) is 10.6 Å². The van der Waals surface area contributed by atoms with Crippen molar-refractivity contribution in [1.29, 1.82) is 0 Å². The van der Waals surface area contributed by atoms with Crippen molar-refractivity contribution < 1.29 is 9.53 Å². The van der Waals surface area contributed by atoms with Crippen molar-refractivity contribution in [1.82, 2.24) is 14.6 Å². The van der Waals surface area contributed by atoms with Crippen LogP contribution in [0, 0.1) is 6.92 Å². The molecule has 15 heavy (non-hydrogen) atoms. The highest BCUT2D eigenvalue weighted by Crippen LogP contribution is 2.33. The minimum Gasteiger partial charge on any atom is -0.436 e. The Kier molecular flexibility index (Phi) is 1.56. The van der Waals surface area contributed by atoms with Gasteiger partial charge in [0.25, 0.3) is 0 Å². The molecule has 0 aromatic carbocycles. The largest absolute Gasteiger partial charge is 0.436 e. The second kappa shape index (κ2) is 2.70. The molecule has 0 amide bonds. The number of cyclic esters (lactones) is 1. The molecule has 0 saturated heterocycles. The highest BCUT2D eigenvalue weighted by molar-refractivity contribution is 6.22. The third-order valence-corrected chi connectivity index (χ3v) is 2.70. The quantitative estimate of drug-likeness (QED) is 0.501. The van der Waals surface area contributed by atoms with E-state index in [0.717, 1.165) is 5.69 Å². The maximum Gasteiger partial charge on any atom is 0.342 e. The smallest absolute Gasteiger partial charge is 0.342 e. The number of esters is 1. The van der Waals surface area contributed by atoms with Gasteiger partial charge in [0.2, 0.25) is 5.56 Å². The summed E-state index contributed by atoms with van der Waals surface area (Å²) >= 11 is 5.87. The first-order valence-corrected chi connectivity index (χ1v) is 4.80. The van der Waals surface area contributed by atoms with Crippen LogP contribution < -0.4 is 0 Å². The summed E-state index contributed by atoms with van der Waals surface area (Å²) < 4.78 is 6.59. The molecule has 5 nitrogen and oxygen atoms in total. The fourth-order valence-corrected chi connectivity index (χ4v) is 2.00. The molecule has 0 fully saturated rings. The highest BCUT2D eigenvalue weighted by Gasteiger charge is 2.30. The zero-order valence-electron chi connectivity index (χ0n) is 7.77. The predicted octanol–water partition coefficient (Wildman–Crippen LogP) is 1.45. The van der Waals surface area contributed by atoms with E-state index < -0.39 is 11.5 Å². The molecular formula is C9H6ClN3O2. The van der Waals surface area contributed by atoms with Crippen LogP contribution in [0.3, 0.4) is 0 Å². The first kappa shape index (κ1) is 8.67. The Hall–Kier alpha value is -1.62. The van der Waals surface area contributed by atoms with Gasteiger partial charge in [-0.1, -0.05) is 11.6 Å². The lowest BCUT2D eigenvalue weighted by Gasteiger charge is -2.16. The first-order chi connectivity index (χ1) is 7.18. The zero-order valence-corrected chi connectivity index (χ0v) is 8.52. The Balaban J connectivity index is 2.51. The van der Waals surface area contributed by atoms with Crippen LogP contribution in [0.15, 0.2) is 12.4 Å². The Morgan fingerprint density at radius 2 is 2.40 bits per heavy atom. The monoisotopic (exact) mass is 223 g/mol. The third-order valence-electron chi connectivity index (χ3n) is 2.41. The van der Waals surface area contributed by atoms with Crippen molar-refractivity contribution in [2.24, 2.45) is 0 Å². The number of hydrogen-bond acceptors (Lipinski definition) is 4. The van der Waals surface area contributed by atoms with Gasteiger partial charge in [-0.05, 0) is 13.0 Å². The van der Waals surface area contributed by atoms with Gasteiger partial charge in [-0.3, -0.25) is 0 Å². The van der Waals surface area contributed by atoms with Crippen molar-refractivity contribution in [3.63, 3.8) is 0 Å². The van der Waals surface area contributed by atoms with Crippen LogP contribution in [0.25, 0.3) is 5.52 Å². The molecule has 6 heteroatoms. The lowest BCUT2D eigenvalue weighted by molar-refractivity contribution is 0.0428. The maximum atomic E-state index is 11.5. The highest BCUT2D eigenvalue weighted by atomic mass is 35.5. The lowest BCUT2D eigenvalue weighted by atomic mass is 10.2. The van der Waals surface area contributed by atoms with Crippen molar-refractivity contribution in [3.8, 4) is 0 Å². The maximum absolute atomic E-state index is 11.5. The molecule has 1 unspecified atom stereocenters. The number of nitrogens with zero attached hydrogens (tertiary/aromatic N) is 3. The molecule has 2 aromatic heterocycles. The topological polar surface area (TPSA) is 56.5 Å². The third kappa shape index (κ3) is 1.01. The number of ether oxygens (including phenoxy) is 1. The number of carbonyl (C=O) groups excluding carboxylic acids is 1. The number of aromatic nitrogens is 3. The summed E-state index contributed by atoms with van der Waals surface area (Å²) in [5.74, 6) is -0.428. The van der Waals surface area contributed by atoms with Crippen molar-refractivity contribution in [2.45, 2.75) is 12.5 Å². The van der Waals surface area contributed by atoms with Crippen molar-refractivity contribution in [2.75, 3.05) is 0 Å². The van der Waals surface area contributed by atoms with Gasteiger partial charge in [-0.25, -0.2) is 14.3 Å². The minimum absolute atomic E-state index is 0.428. The van der Waals surface area contributed by atoms with Gasteiger partial charge in [-0.15, -0.1) is 0 Å². The molecule has 1 aliphatic heterocycles. The summed E-state index contributed by atoms with van der Waals surface area (Å²) in [5, 5.41) is 4.05. The van der Waals surface area contributed by atoms with Crippen molar-refractivity contribution >= 4 is 23.1 Å². The van der Waals surface area contributed by atoms with Crippen LogP contribution in [-0.2, 0) is 4.74 Å². The van der Waals surface area contributed by atoms with Gasteiger partial charge in [0.05, 0.1) is 5.56 Å². The van der Waals surface area contributed by atoms with Crippen LogP contribution in [0.4, 0.5) is 0 Å². The lowest BCUT2D eigenvalue weighted by Crippen LogP contribution is -2.16. The molecule has 0 N–H and O–H groups in total. The fourth-order valence-electron chi connectivity index (χ4n) is 1.76. The summed E-state index contributed by atoms with van der Waals surface area (Å²) in [6.45, 7) is 1.86.